The topological polar surface area (TPSA) is 40.5 Å². The zero-order valence-corrected chi connectivity index (χ0v) is 14.6. The maximum atomic E-state index is 10.1. The van der Waals surface area contributed by atoms with Crippen LogP contribution >= 0.6 is 0 Å². The van der Waals surface area contributed by atoms with E-state index in [2.05, 4.69) is 0 Å². The average molecular weight is 349 g/mol. The van der Waals surface area contributed by atoms with Crippen LogP contribution in [-0.4, -0.2) is 17.2 Å². The smallest absolute Gasteiger partial charge is 0.423 e. The number of hydrogen-bond acceptors (Lipinski definition) is 2. The highest BCUT2D eigenvalue weighted by molar-refractivity contribution is 6.66. The largest absolute Gasteiger partial charge is 0.489 e. The van der Waals surface area contributed by atoms with Crippen LogP contribution < -0.4 is 5.46 Å². The van der Waals surface area contributed by atoms with Crippen molar-refractivity contribution in [2.75, 3.05) is 0 Å². The Kier molecular flexibility index (Phi) is 3.46. The van der Waals surface area contributed by atoms with Gasteiger partial charge in [0.1, 0.15) is 0 Å². The standard InChI is InChI=1S/C24H17BO2/c26-25(27)24-21-11-5-3-9-19(21)23(20-10-4-6-12-22(20)24)18-14-13-16-7-1-2-8-17(16)15-18/h1-15,26-27H/i15D. The van der Waals surface area contributed by atoms with Gasteiger partial charge in [0.2, 0.25) is 0 Å². The van der Waals surface area contributed by atoms with Gasteiger partial charge in [-0.05, 0) is 54.9 Å². The second-order valence-electron chi connectivity index (χ2n) is 6.71. The molecule has 27 heavy (non-hydrogen) atoms. The van der Waals surface area contributed by atoms with Crippen molar-refractivity contribution in [2.24, 2.45) is 0 Å². The number of fused-ring (bicyclic) bond motifs is 3. The maximum absolute atomic E-state index is 10.1. The normalized spacial score (nSPS) is 11.9. The van der Waals surface area contributed by atoms with Crippen molar-refractivity contribution in [3.8, 4) is 11.1 Å². The maximum Gasteiger partial charge on any atom is 0.489 e. The van der Waals surface area contributed by atoms with Gasteiger partial charge in [0.15, 0.2) is 0 Å². The third-order valence-corrected chi connectivity index (χ3v) is 5.16. The van der Waals surface area contributed by atoms with Crippen LogP contribution in [0.3, 0.4) is 0 Å². The van der Waals surface area contributed by atoms with E-state index in [1.54, 1.807) is 0 Å². The minimum absolute atomic E-state index is 0.478. The lowest BCUT2D eigenvalue weighted by molar-refractivity contribution is 0.426. The summed E-state index contributed by atoms with van der Waals surface area (Å²) < 4.78 is 8.87. The third-order valence-electron chi connectivity index (χ3n) is 5.16. The van der Waals surface area contributed by atoms with Crippen LogP contribution in [0.25, 0.3) is 43.4 Å². The molecule has 0 bridgehead atoms. The predicted molar refractivity (Wildman–Crippen MR) is 114 cm³/mol. The van der Waals surface area contributed by atoms with Gasteiger partial charge in [0.05, 0.1) is 1.37 Å². The average Bonchev–Trinajstić information content (AvgIpc) is 2.72. The summed E-state index contributed by atoms with van der Waals surface area (Å²) in [6.07, 6.45) is 0. The van der Waals surface area contributed by atoms with Crippen molar-refractivity contribution >= 4 is 44.9 Å². The summed E-state index contributed by atoms with van der Waals surface area (Å²) in [5.74, 6) is 0. The molecule has 3 heteroatoms. The van der Waals surface area contributed by atoms with Gasteiger partial charge in [-0.2, -0.15) is 0 Å². The van der Waals surface area contributed by atoms with Gasteiger partial charge in [-0.1, -0.05) is 84.9 Å². The van der Waals surface area contributed by atoms with Crippen LogP contribution in [0.15, 0.2) is 91.0 Å². The van der Waals surface area contributed by atoms with E-state index >= 15 is 0 Å². The van der Waals surface area contributed by atoms with E-state index in [0.717, 1.165) is 43.4 Å². The van der Waals surface area contributed by atoms with E-state index < -0.39 is 7.12 Å². The molecule has 5 rings (SSSR count). The van der Waals surface area contributed by atoms with Crippen molar-refractivity contribution < 1.29 is 11.4 Å². The van der Waals surface area contributed by atoms with E-state index in [-0.39, 0.29) is 0 Å². The zero-order valence-electron chi connectivity index (χ0n) is 15.6. The molecule has 0 aliphatic rings. The van der Waals surface area contributed by atoms with Gasteiger partial charge < -0.3 is 10.0 Å². The first-order chi connectivity index (χ1) is 13.7. The van der Waals surface area contributed by atoms with Gasteiger partial charge in [-0.3, -0.25) is 0 Å². The van der Waals surface area contributed by atoms with E-state index in [9.17, 15) is 10.0 Å². The quantitative estimate of drug-likeness (QED) is 0.364. The predicted octanol–water partition coefficient (Wildman–Crippen LogP) is 4.49. The molecule has 0 atom stereocenters. The molecule has 0 unspecified atom stereocenters. The molecule has 0 saturated carbocycles. The number of hydrogen-bond donors (Lipinski definition) is 2. The molecule has 0 heterocycles. The summed E-state index contributed by atoms with van der Waals surface area (Å²) in [4.78, 5) is 0. The second kappa shape index (κ2) is 6.24. The third kappa shape index (κ3) is 2.52. The van der Waals surface area contributed by atoms with E-state index in [0.29, 0.717) is 11.5 Å². The minimum atomic E-state index is -1.57. The minimum Gasteiger partial charge on any atom is -0.423 e. The van der Waals surface area contributed by atoms with Crippen LogP contribution in [0.5, 0.6) is 0 Å². The van der Waals surface area contributed by atoms with Crippen LogP contribution in [-0.2, 0) is 0 Å². The highest BCUT2D eigenvalue weighted by atomic mass is 16.4. The molecular formula is C24H17BO2. The molecule has 0 aliphatic carbocycles. The Morgan fingerprint density at radius 3 is 1.70 bits per heavy atom. The fourth-order valence-electron chi connectivity index (χ4n) is 3.99. The SMILES string of the molecule is [2H]c1c(-c2c3ccccc3c(B(O)O)c3ccccc23)ccc2ccccc12. The summed E-state index contributed by atoms with van der Waals surface area (Å²) in [7, 11) is -1.57. The highest BCUT2D eigenvalue weighted by Crippen LogP contribution is 2.36. The Bertz CT molecular complexity index is 1300. The lowest BCUT2D eigenvalue weighted by Gasteiger charge is -2.17. The van der Waals surface area contributed by atoms with Crippen molar-refractivity contribution in [1.82, 2.24) is 0 Å². The molecule has 0 aliphatic heterocycles. The summed E-state index contributed by atoms with van der Waals surface area (Å²) >= 11 is 0. The van der Waals surface area contributed by atoms with Gasteiger partial charge >= 0.3 is 7.12 Å². The van der Waals surface area contributed by atoms with Crippen molar-refractivity contribution in [3.05, 3.63) is 91.0 Å². The number of rotatable bonds is 2. The molecular weight excluding hydrogens is 331 g/mol. The van der Waals surface area contributed by atoms with Crippen molar-refractivity contribution in [3.63, 3.8) is 0 Å². The molecule has 2 N–H and O–H groups in total. The summed E-state index contributed by atoms with van der Waals surface area (Å²) in [6, 6.07) is 27.9. The van der Waals surface area contributed by atoms with Crippen molar-refractivity contribution in [2.45, 2.75) is 0 Å². The van der Waals surface area contributed by atoms with Gasteiger partial charge in [0.25, 0.3) is 0 Å². The Morgan fingerprint density at radius 1 is 0.593 bits per heavy atom. The van der Waals surface area contributed by atoms with Gasteiger partial charge in [-0.15, -0.1) is 0 Å². The van der Waals surface area contributed by atoms with E-state index in [4.69, 9.17) is 1.37 Å². The van der Waals surface area contributed by atoms with E-state index in [1.807, 2.05) is 84.9 Å². The van der Waals surface area contributed by atoms with Gasteiger partial charge in [-0.25, -0.2) is 0 Å². The molecule has 0 aromatic heterocycles. The van der Waals surface area contributed by atoms with E-state index in [1.165, 1.54) is 0 Å². The lowest BCUT2D eigenvalue weighted by Crippen LogP contribution is -2.31. The Hall–Kier alpha value is -3.14. The summed E-state index contributed by atoms with van der Waals surface area (Å²) in [5.41, 5.74) is 2.29. The van der Waals surface area contributed by atoms with Crippen LogP contribution in [0.1, 0.15) is 1.37 Å². The van der Waals surface area contributed by atoms with Crippen LogP contribution in [0, 0.1) is 0 Å². The van der Waals surface area contributed by atoms with Gasteiger partial charge in [0, 0.05) is 0 Å². The molecule has 5 aromatic carbocycles. The molecule has 5 aromatic rings. The first-order valence-electron chi connectivity index (χ1n) is 9.45. The van der Waals surface area contributed by atoms with Crippen LogP contribution in [0.4, 0.5) is 0 Å². The molecule has 2 nitrogen and oxygen atoms in total. The zero-order chi connectivity index (χ0) is 19.3. The first-order valence-corrected chi connectivity index (χ1v) is 8.95. The second-order valence-corrected chi connectivity index (χ2v) is 6.71. The lowest BCUT2D eigenvalue weighted by atomic mass is 9.72. The fraction of sp³-hybridized carbons (Fsp3) is 0. The first kappa shape index (κ1) is 15.0. The molecule has 0 spiro atoms. The fourth-order valence-corrected chi connectivity index (χ4v) is 3.99. The molecule has 128 valence electrons. The Morgan fingerprint density at radius 2 is 1.11 bits per heavy atom. The number of benzene rings is 5. The van der Waals surface area contributed by atoms with Crippen LogP contribution in [0.2, 0.25) is 0 Å². The monoisotopic (exact) mass is 349 g/mol. The summed E-state index contributed by atoms with van der Waals surface area (Å²) in [6.45, 7) is 0. The molecule has 0 amide bonds. The Balaban J connectivity index is 2.01. The molecule has 0 saturated heterocycles. The Labute approximate surface area is 158 Å². The molecule has 0 fully saturated rings. The summed E-state index contributed by atoms with van der Waals surface area (Å²) in [5, 5.41) is 25.5. The molecule has 0 radical (unpaired) electrons. The van der Waals surface area contributed by atoms with Crippen molar-refractivity contribution in [1.29, 1.82) is 0 Å². The highest BCUT2D eigenvalue weighted by Gasteiger charge is 2.22.